The number of carbonyl (C=O) groups is 1. The number of hydrogen-bond donors (Lipinski definition) is 0. The first-order valence-corrected chi connectivity index (χ1v) is 6.78. The molecule has 1 heterocycles. The van der Waals surface area contributed by atoms with Crippen LogP contribution < -0.4 is 0 Å². The van der Waals surface area contributed by atoms with Gasteiger partial charge in [0.25, 0.3) is 6.43 Å². The number of pyridine rings is 1. The van der Waals surface area contributed by atoms with Crippen molar-refractivity contribution in [2.45, 2.75) is 18.2 Å². The van der Waals surface area contributed by atoms with Gasteiger partial charge < -0.3 is 4.74 Å². The Morgan fingerprint density at radius 3 is 2.76 bits per heavy atom. The van der Waals surface area contributed by atoms with E-state index in [1.54, 1.807) is 22.6 Å². The highest BCUT2D eigenvalue weighted by Crippen LogP contribution is 2.30. The van der Waals surface area contributed by atoms with Crippen molar-refractivity contribution in [1.82, 2.24) is 4.98 Å². The third-order valence-electron chi connectivity index (χ3n) is 2.18. The molecule has 0 radical (unpaired) electrons. The summed E-state index contributed by atoms with van der Waals surface area (Å²) >= 11 is 4.91. The molecule has 0 saturated heterocycles. The summed E-state index contributed by atoms with van der Waals surface area (Å²) < 4.78 is 30.5. The van der Waals surface area contributed by atoms with E-state index in [0.29, 0.717) is 11.1 Å². The van der Waals surface area contributed by atoms with E-state index >= 15 is 0 Å². The van der Waals surface area contributed by atoms with Crippen molar-refractivity contribution in [2.24, 2.45) is 0 Å². The first kappa shape index (κ1) is 14.7. The molecule has 0 spiro atoms. The first-order valence-electron chi connectivity index (χ1n) is 4.58. The molecule has 0 aliphatic rings. The topological polar surface area (TPSA) is 39.2 Å². The summed E-state index contributed by atoms with van der Waals surface area (Å²) in [5.74, 6) is -0.476. The van der Waals surface area contributed by atoms with Crippen molar-refractivity contribution in [1.29, 1.82) is 0 Å². The van der Waals surface area contributed by atoms with Crippen molar-refractivity contribution in [3.8, 4) is 0 Å². The van der Waals surface area contributed by atoms with Crippen molar-refractivity contribution >= 4 is 44.5 Å². The molecule has 0 saturated carbocycles. The second-order valence-corrected chi connectivity index (χ2v) is 4.74. The van der Waals surface area contributed by atoms with Gasteiger partial charge in [-0.3, -0.25) is 4.79 Å². The number of esters is 1. The molecule has 1 rings (SSSR count). The van der Waals surface area contributed by atoms with Gasteiger partial charge in [-0.05, 0) is 33.7 Å². The largest absolute Gasteiger partial charge is 0.469 e. The Morgan fingerprint density at radius 2 is 2.29 bits per heavy atom. The smallest absolute Gasteiger partial charge is 0.310 e. The number of aromatic nitrogens is 1. The maximum atomic E-state index is 12.9. The minimum Gasteiger partial charge on any atom is -0.469 e. The van der Waals surface area contributed by atoms with Crippen LogP contribution in [0.4, 0.5) is 8.78 Å². The molecule has 0 N–H and O–H groups in total. The highest BCUT2D eigenvalue weighted by molar-refractivity contribution is 14.1. The van der Waals surface area contributed by atoms with Gasteiger partial charge in [0.1, 0.15) is 3.70 Å². The molecule has 0 unspecified atom stereocenters. The number of ether oxygens (including phenoxy) is 1. The zero-order chi connectivity index (χ0) is 13.0. The van der Waals surface area contributed by atoms with E-state index in [9.17, 15) is 13.6 Å². The number of carbonyl (C=O) groups excluding carboxylic acids is 1. The number of rotatable bonds is 4. The van der Waals surface area contributed by atoms with Crippen molar-refractivity contribution in [3.63, 3.8) is 0 Å². The van der Waals surface area contributed by atoms with Crippen LogP contribution in [0.15, 0.2) is 6.20 Å². The predicted molar refractivity (Wildman–Crippen MR) is 70.3 cm³/mol. The molecule has 1 aromatic heterocycles. The maximum Gasteiger partial charge on any atom is 0.310 e. The molecule has 0 aliphatic heterocycles. The van der Waals surface area contributed by atoms with Crippen LogP contribution in [0.2, 0.25) is 0 Å². The highest BCUT2D eigenvalue weighted by Gasteiger charge is 2.21. The Morgan fingerprint density at radius 1 is 1.65 bits per heavy atom. The van der Waals surface area contributed by atoms with Gasteiger partial charge in [-0.2, -0.15) is 0 Å². The molecule has 94 valence electrons. The van der Waals surface area contributed by atoms with Crippen LogP contribution in [-0.2, 0) is 21.3 Å². The SMILES string of the molecule is COC(=O)Cc1cnc(I)c(C(F)F)c1CBr. The Balaban J connectivity index is 3.23. The molecular formula is C10H9BrF2INO2. The molecule has 0 bridgehead atoms. The van der Waals surface area contributed by atoms with Gasteiger partial charge in [-0.25, -0.2) is 13.8 Å². The molecule has 0 aliphatic carbocycles. The minimum atomic E-state index is -2.61. The van der Waals surface area contributed by atoms with Crippen LogP contribution in [0.3, 0.4) is 0 Å². The van der Waals surface area contributed by atoms with Crippen molar-refractivity contribution in [3.05, 3.63) is 26.6 Å². The van der Waals surface area contributed by atoms with Gasteiger partial charge in [0, 0.05) is 11.5 Å². The lowest BCUT2D eigenvalue weighted by molar-refractivity contribution is -0.139. The monoisotopic (exact) mass is 419 g/mol. The molecule has 0 amide bonds. The number of hydrogen-bond acceptors (Lipinski definition) is 3. The van der Waals surface area contributed by atoms with Gasteiger partial charge >= 0.3 is 5.97 Å². The van der Waals surface area contributed by atoms with Crippen LogP contribution in [0, 0.1) is 3.70 Å². The third kappa shape index (κ3) is 3.57. The normalized spacial score (nSPS) is 10.7. The predicted octanol–water partition coefficient (Wildman–Crippen LogP) is 3.23. The molecule has 7 heteroatoms. The Bertz CT molecular complexity index is 429. The lowest BCUT2D eigenvalue weighted by Gasteiger charge is -2.12. The van der Waals surface area contributed by atoms with E-state index < -0.39 is 12.4 Å². The fourth-order valence-electron chi connectivity index (χ4n) is 1.34. The molecule has 0 aromatic carbocycles. The summed E-state index contributed by atoms with van der Waals surface area (Å²) in [5, 5.41) is 0.248. The number of alkyl halides is 3. The average molecular weight is 420 g/mol. The summed E-state index contributed by atoms with van der Waals surface area (Å²) in [6.45, 7) is 0. The third-order valence-corrected chi connectivity index (χ3v) is 3.60. The molecule has 3 nitrogen and oxygen atoms in total. The second kappa shape index (κ2) is 6.58. The number of nitrogens with zero attached hydrogens (tertiary/aromatic N) is 1. The van der Waals surface area contributed by atoms with Crippen LogP contribution in [0.1, 0.15) is 23.1 Å². The summed E-state index contributed by atoms with van der Waals surface area (Å²) in [7, 11) is 1.25. The van der Waals surface area contributed by atoms with Gasteiger partial charge in [0.15, 0.2) is 0 Å². The zero-order valence-electron chi connectivity index (χ0n) is 8.84. The minimum absolute atomic E-state index is 0.0545. The van der Waals surface area contributed by atoms with E-state index in [4.69, 9.17) is 0 Å². The fourth-order valence-corrected chi connectivity index (χ4v) is 2.70. The summed E-state index contributed by atoms with van der Waals surface area (Å²) in [4.78, 5) is 15.0. The van der Waals surface area contributed by atoms with E-state index in [1.807, 2.05) is 0 Å². The van der Waals surface area contributed by atoms with Gasteiger partial charge in [-0.15, -0.1) is 0 Å². The quantitative estimate of drug-likeness (QED) is 0.325. The summed E-state index contributed by atoms with van der Waals surface area (Å²) in [6, 6.07) is 0. The summed E-state index contributed by atoms with van der Waals surface area (Å²) in [6.07, 6.45) is -1.23. The lowest BCUT2D eigenvalue weighted by atomic mass is 10.0. The zero-order valence-corrected chi connectivity index (χ0v) is 12.6. The van der Waals surface area contributed by atoms with Crippen molar-refractivity contribution < 1.29 is 18.3 Å². The molecule has 0 atom stereocenters. The van der Waals surface area contributed by atoms with Gasteiger partial charge in [-0.1, -0.05) is 15.9 Å². The van der Waals surface area contributed by atoms with Crippen LogP contribution in [-0.4, -0.2) is 18.1 Å². The van der Waals surface area contributed by atoms with E-state index in [1.165, 1.54) is 13.3 Å². The molecule has 0 fully saturated rings. The second-order valence-electron chi connectivity index (χ2n) is 3.15. The maximum absolute atomic E-state index is 12.9. The fraction of sp³-hybridized carbons (Fsp3) is 0.400. The first-order chi connectivity index (χ1) is 8.01. The molecular weight excluding hydrogens is 411 g/mol. The number of methoxy groups -OCH3 is 1. The van der Waals surface area contributed by atoms with Crippen LogP contribution in [0.25, 0.3) is 0 Å². The number of halogens is 4. The summed E-state index contributed by atoms with van der Waals surface area (Å²) in [5.41, 5.74) is 0.748. The van der Waals surface area contributed by atoms with E-state index in [-0.39, 0.29) is 21.0 Å². The Kier molecular flexibility index (Phi) is 5.71. The molecule has 17 heavy (non-hydrogen) atoms. The van der Waals surface area contributed by atoms with Crippen molar-refractivity contribution in [2.75, 3.05) is 7.11 Å². The standard InChI is InChI=1S/C10H9BrF2INO2/c1-17-7(16)2-5-4-15-10(14)8(9(12)13)6(5)3-11/h4,9H,2-3H2,1H3. The van der Waals surface area contributed by atoms with Gasteiger partial charge in [0.2, 0.25) is 0 Å². The Labute approximate surface area is 119 Å². The highest BCUT2D eigenvalue weighted by atomic mass is 127. The lowest BCUT2D eigenvalue weighted by Crippen LogP contribution is -2.10. The molecule has 1 aromatic rings. The van der Waals surface area contributed by atoms with E-state index in [2.05, 4.69) is 25.7 Å². The Hall–Kier alpha value is -0.310. The van der Waals surface area contributed by atoms with Crippen LogP contribution >= 0.6 is 38.5 Å². The van der Waals surface area contributed by atoms with Gasteiger partial charge in [0.05, 0.1) is 19.1 Å². The van der Waals surface area contributed by atoms with E-state index in [0.717, 1.165) is 0 Å². The van der Waals surface area contributed by atoms with Crippen LogP contribution in [0.5, 0.6) is 0 Å². The average Bonchev–Trinajstić information content (AvgIpc) is 2.30.